The number of nitrogens with two attached hydrogens (primary N) is 1. The molecular formula is C20H23N5O2. The summed E-state index contributed by atoms with van der Waals surface area (Å²) in [6.45, 7) is 6.58. The third kappa shape index (κ3) is 3.14. The van der Waals surface area contributed by atoms with E-state index in [1.165, 1.54) is 0 Å². The molecule has 2 N–H and O–H groups in total. The van der Waals surface area contributed by atoms with E-state index in [4.69, 9.17) is 15.2 Å². The first-order valence-corrected chi connectivity index (χ1v) is 8.87. The highest BCUT2D eigenvalue weighted by molar-refractivity contribution is 5.89. The first-order chi connectivity index (χ1) is 13.0. The van der Waals surface area contributed by atoms with Gasteiger partial charge >= 0.3 is 0 Å². The maximum absolute atomic E-state index is 9.64. The number of nitrogen functional groups attached to an aromatic ring is 1. The fourth-order valence-corrected chi connectivity index (χ4v) is 3.15. The molecule has 2 aromatic heterocycles. The molecule has 1 aromatic carbocycles. The van der Waals surface area contributed by atoms with Crippen LogP contribution < -0.4 is 15.2 Å². The Morgan fingerprint density at radius 3 is 2.74 bits per heavy atom. The minimum Gasteiger partial charge on any atom is -0.496 e. The monoisotopic (exact) mass is 365 g/mol. The van der Waals surface area contributed by atoms with Crippen LogP contribution in [0.3, 0.4) is 0 Å². The second-order valence-electron chi connectivity index (χ2n) is 6.35. The Hall–Kier alpha value is -3.27. The van der Waals surface area contributed by atoms with Crippen molar-refractivity contribution < 1.29 is 9.47 Å². The zero-order valence-electron chi connectivity index (χ0n) is 16.0. The Kier molecular flexibility index (Phi) is 5.17. The van der Waals surface area contributed by atoms with Crippen LogP contribution in [0.15, 0.2) is 18.3 Å². The number of ether oxygens (including phenoxy) is 2. The molecule has 0 saturated carbocycles. The molecular weight excluding hydrogens is 342 g/mol. The van der Waals surface area contributed by atoms with E-state index >= 15 is 0 Å². The molecule has 7 nitrogen and oxygen atoms in total. The highest BCUT2D eigenvalue weighted by atomic mass is 16.5. The third-order valence-electron chi connectivity index (χ3n) is 4.56. The van der Waals surface area contributed by atoms with Crippen molar-refractivity contribution in [1.82, 2.24) is 14.5 Å². The summed E-state index contributed by atoms with van der Waals surface area (Å²) in [4.78, 5) is 8.99. The molecule has 3 rings (SSSR count). The molecule has 0 amide bonds. The van der Waals surface area contributed by atoms with Crippen molar-refractivity contribution >= 4 is 17.0 Å². The zero-order valence-corrected chi connectivity index (χ0v) is 16.0. The zero-order chi connectivity index (χ0) is 19.6. The number of fused-ring (bicyclic) bond motifs is 1. The fourth-order valence-electron chi connectivity index (χ4n) is 3.15. The molecule has 0 aliphatic heterocycles. The van der Waals surface area contributed by atoms with Crippen LogP contribution in [-0.2, 0) is 0 Å². The van der Waals surface area contributed by atoms with E-state index in [1.54, 1.807) is 17.9 Å². The molecule has 140 valence electrons. The van der Waals surface area contributed by atoms with Crippen LogP contribution in [0.25, 0.3) is 16.9 Å². The summed E-state index contributed by atoms with van der Waals surface area (Å²) < 4.78 is 12.9. The van der Waals surface area contributed by atoms with E-state index in [1.807, 2.05) is 26.0 Å². The number of nitrogens with zero attached hydrogens (tertiary/aromatic N) is 4. The van der Waals surface area contributed by atoms with Gasteiger partial charge in [0.25, 0.3) is 0 Å². The second kappa shape index (κ2) is 7.54. The van der Waals surface area contributed by atoms with Gasteiger partial charge in [0, 0.05) is 5.56 Å². The standard InChI is InChI=1S/C20H23N5O2/c1-5-6-9-27-16-11-23-20-17(24-16)14(10-21)19(22)25(20)18-12(2)7-8-15(26-4)13(18)3/h7-8,11H,5-6,9,22H2,1-4H3. The number of aromatic nitrogens is 3. The van der Waals surface area contributed by atoms with Gasteiger partial charge in [-0.3, -0.25) is 4.57 Å². The summed E-state index contributed by atoms with van der Waals surface area (Å²) in [6, 6.07) is 6.02. The number of methoxy groups -OCH3 is 1. The Morgan fingerprint density at radius 2 is 2.07 bits per heavy atom. The van der Waals surface area contributed by atoms with Crippen molar-refractivity contribution in [3.8, 4) is 23.4 Å². The Morgan fingerprint density at radius 1 is 1.30 bits per heavy atom. The Labute approximate surface area is 158 Å². The molecule has 0 fully saturated rings. The van der Waals surface area contributed by atoms with Crippen LogP contribution in [0.1, 0.15) is 36.5 Å². The first kappa shape index (κ1) is 18.5. The SMILES string of the molecule is CCCCOc1cnc2c(n1)c(C#N)c(N)n2-c1c(C)ccc(OC)c1C. The van der Waals surface area contributed by atoms with Gasteiger partial charge in [-0.05, 0) is 31.9 Å². The predicted octanol–water partition coefficient (Wildman–Crippen LogP) is 3.68. The minimum atomic E-state index is 0.292. The summed E-state index contributed by atoms with van der Waals surface area (Å²) >= 11 is 0. The van der Waals surface area contributed by atoms with Crippen molar-refractivity contribution in [1.29, 1.82) is 5.26 Å². The highest BCUT2D eigenvalue weighted by Gasteiger charge is 2.22. The van der Waals surface area contributed by atoms with E-state index in [0.29, 0.717) is 35.0 Å². The molecule has 7 heteroatoms. The molecule has 27 heavy (non-hydrogen) atoms. The van der Waals surface area contributed by atoms with E-state index in [9.17, 15) is 5.26 Å². The molecule has 0 unspecified atom stereocenters. The molecule has 0 spiro atoms. The largest absolute Gasteiger partial charge is 0.496 e. The topological polar surface area (TPSA) is 99.0 Å². The number of anilines is 1. The Balaban J connectivity index is 2.24. The van der Waals surface area contributed by atoms with Gasteiger partial charge in [0.1, 0.15) is 28.7 Å². The van der Waals surface area contributed by atoms with Crippen LogP contribution in [0.2, 0.25) is 0 Å². The van der Waals surface area contributed by atoms with Crippen molar-refractivity contribution in [2.24, 2.45) is 0 Å². The molecule has 0 aliphatic rings. The van der Waals surface area contributed by atoms with Gasteiger partial charge in [-0.25, -0.2) is 9.97 Å². The summed E-state index contributed by atoms with van der Waals surface area (Å²) in [6.07, 6.45) is 3.52. The fraction of sp³-hybridized carbons (Fsp3) is 0.350. The van der Waals surface area contributed by atoms with Gasteiger partial charge in [0.2, 0.25) is 5.88 Å². The summed E-state index contributed by atoms with van der Waals surface area (Å²) in [5, 5.41) is 9.64. The van der Waals surface area contributed by atoms with Crippen LogP contribution in [-0.4, -0.2) is 28.3 Å². The third-order valence-corrected chi connectivity index (χ3v) is 4.56. The normalized spacial score (nSPS) is 10.8. The molecule has 0 atom stereocenters. The second-order valence-corrected chi connectivity index (χ2v) is 6.35. The smallest absolute Gasteiger partial charge is 0.233 e. The quantitative estimate of drug-likeness (QED) is 0.669. The van der Waals surface area contributed by atoms with E-state index in [0.717, 1.165) is 35.4 Å². The maximum Gasteiger partial charge on any atom is 0.233 e. The average Bonchev–Trinajstić information content (AvgIpc) is 2.93. The first-order valence-electron chi connectivity index (χ1n) is 8.87. The van der Waals surface area contributed by atoms with Crippen LogP contribution in [0.4, 0.5) is 5.82 Å². The Bertz CT molecular complexity index is 1030. The molecule has 0 saturated heterocycles. The van der Waals surface area contributed by atoms with Crippen molar-refractivity contribution in [3.63, 3.8) is 0 Å². The predicted molar refractivity (Wildman–Crippen MR) is 104 cm³/mol. The highest BCUT2D eigenvalue weighted by Crippen LogP contribution is 2.35. The van der Waals surface area contributed by atoms with Crippen LogP contribution >= 0.6 is 0 Å². The summed E-state index contributed by atoms with van der Waals surface area (Å²) in [7, 11) is 1.62. The van der Waals surface area contributed by atoms with E-state index < -0.39 is 0 Å². The van der Waals surface area contributed by atoms with Crippen molar-refractivity contribution in [2.75, 3.05) is 19.5 Å². The molecule has 0 radical (unpaired) electrons. The number of hydrogen-bond acceptors (Lipinski definition) is 6. The number of rotatable bonds is 6. The lowest BCUT2D eigenvalue weighted by Gasteiger charge is -2.16. The van der Waals surface area contributed by atoms with E-state index in [-0.39, 0.29) is 0 Å². The van der Waals surface area contributed by atoms with Crippen molar-refractivity contribution in [2.45, 2.75) is 33.6 Å². The number of nitriles is 1. The molecule has 3 aromatic rings. The maximum atomic E-state index is 9.64. The molecule has 2 heterocycles. The number of benzene rings is 1. The number of aryl methyl sites for hydroxylation is 1. The van der Waals surface area contributed by atoms with Gasteiger partial charge in [-0.2, -0.15) is 5.26 Å². The lowest BCUT2D eigenvalue weighted by molar-refractivity contribution is 0.297. The lowest BCUT2D eigenvalue weighted by Crippen LogP contribution is -2.07. The van der Waals surface area contributed by atoms with E-state index in [2.05, 4.69) is 23.0 Å². The average molecular weight is 365 g/mol. The number of unbranched alkanes of at least 4 members (excludes halogenated alkanes) is 1. The van der Waals surface area contributed by atoms with Crippen molar-refractivity contribution in [3.05, 3.63) is 35.0 Å². The van der Waals surface area contributed by atoms with Gasteiger partial charge in [-0.15, -0.1) is 0 Å². The summed E-state index contributed by atoms with van der Waals surface area (Å²) in [5.74, 6) is 1.43. The lowest BCUT2D eigenvalue weighted by atomic mass is 10.1. The molecule has 0 aliphatic carbocycles. The minimum absolute atomic E-state index is 0.292. The summed E-state index contributed by atoms with van der Waals surface area (Å²) in [5.41, 5.74) is 10.3. The van der Waals surface area contributed by atoms with Gasteiger partial charge in [-0.1, -0.05) is 19.4 Å². The van der Waals surface area contributed by atoms with Gasteiger partial charge in [0.05, 0.1) is 25.6 Å². The van der Waals surface area contributed by atoms with Crippen LogP contribution in [0.5, 0.6) is 11.6 Å². The van der Waals surface area contributed by atoms with Gasteiger partial charge in [0.15, 0.2) is 5.65 Å². The van der Waals surface area contributed by atoms with Gasteiger partial charge < -0.3 is 15.2 Å². The van der Waals surface area contributed by atoms with Crippen LogP contribution in [0, 0.1) is 25.2 Å². The number of hydrogen-bond donors (Lipinski definition) is 1. The molecule has 0 bridgehead atoms.